The Bertz CT molecular complexity index is 42.6. The quantitative estimate of drug-likeness (QED) is 0.506. The Morgan fingerprint density at radius 2 is 1.71 bits per heavy atom. The Kier molecular flexibility index (Phi) is 3.07. The van der Waals surface area contributed by atoms with Crippen molar-refractivity contribution in [1.82, 2.24) is 0 Å². The van der Waals surface area contributed by atoms with E-state index in [0.717, 1.165) is 4.01 Å². The van der Waals surface area contributed by atoms with Crippen LogP contribution in [0.4, 0.5) is 0 Å². The van der Waals surface area contributed by atoms with E-state index >= 15 is 0 Å². The van der Waals surface area contributed by atoms with Crippen molar-refractivity contribution in [2.24, 2.45) is 0 Å². The molecule has 0 spiro atoms. The third kappa shape index (κ3) is 6.62. The number of rotatable bonds is 1. The van der Waals surface area contributed by atoms with E-state index in [1.54, 1.807) is 0 Å². The summed E-state index contributed by atoms with van der Waals surface area (Å²) in [4.78, 5) is 0. The van der Waals surface area contributed by atoms with E-state index in [4.69, 9.17) is 0 Å². The summed E-state index contributed by atoms with van der Waals surface area (Å²) in [5.41, 5.74) is 0. The fraction of sp³-hybridized carbons (Fsp3) is 1.00. The van der Waals surface area contributed by atoms with Crippen LogP contribution in [0.5, 0.6) is 0 Å². The minimum absolute atomic E-state index is 0.118. The van der Waals surface area contributed by atoms with Gasteiger partial charge in [-0.25, -0.2) is 0 Å². The van der Waals surface area contributed by atoms with E-state index in [2.05, 4.69) is 27.7 Å². The molecule has 0 aromatic carbocycles. The van der Waals surface area contributed by atoms with Gasteiger partial charge in [-0.05, 0) is 0 Å². The molecule has 0 fully saturated rings. The molecule has 7 heavy (non-hydrogen) atoms. The van der Waals surface area contributed by atoms with Crippen LogP contribution < -0.4 is 0 Å². The Hall–Kier alpha value is 0.623. The molecule has 0 atom stereocenters. The first kappa shape index (κ1) is 7.62. The number of hydrogen-bond acceptors (Lipinski definition) is 0. The van der Waals surface area contributed by atoms with Gasteiger partial charge < -0.3 is 0 Å². The van der Waals surface area contributed by atoms with Crippen molar-refractivity contribution in [3.8, 4) is 0 Å². The predicted octanol–water partition coefficient (Wildman–Crippen LogP) is 2.73. The molecule has 40 valence electrons. The fourth-order valence-corrected chi connectivity index (χ4v) is 3.90. The Morgan fingerprint density at radius 3 is 1.71 bits per heavy atom. The van der Waals surface area contributed by atoms with Crippen LogP contribution in [0.3, 0.4) is 0 Å². The summed E-state index contributed by atoms with van der Waals surface area (Å²) in [6, 6.07) is 0. The van der Waals surface area contributed by atoms with Crippen molar-refractivity contribution in [2.45, 2.75) is 36.7 Å². The van der Waals surface area contributed by atoms with Gasteiger partial charge in [-0.2, -0.15) is 0 Å². The van der Waals surface area contributed by atoms with Crippen molar-refractivity contribution >= 4 is 0 Å². The van der Waals surface area contributed by atoms with Crippen molar-refractivity contribution < 1.29 is 17.1 Å². The van der Waals surface area contributed by atoms with Crippen LogP contribution in [0.25, 0.3) is 0 Å². The molecule has 1 heteroatoms. The monoisotopic (exact) mass is 150 g/mol. The summed E-state index contributed by atoms with van der Waals surface area (Å²) in [6.45, 7) is 9.38. The molecule has 0 N–H and O–H groups in total. The molecule has 0 aliphatic rings. The van der Waals surface area contributed by atoms with Crippen LogP contribution in [0.1, 0.15) is 27.7 Å². The van der Waals surface area contributed by atoms with Crippen LogP contribution in [0.2, 0.25) is 9.02 Å². The maximum absolute atomic E-state index is 2.36. The summed E-state index contributed by atoms with van der Waals surface area (Å²) < 4.78 is 0.738. The summed E-state index contributed by atoms with van der Waals surface area (Å²) in [5.74, 6) is 0. The summed E-state index contributed by atoms with van der Waals surface area (Å²) in [6.07, 6.45) is 0. The van der Waals surface area contributed by atoms with E-state index < -0.39 is 0 Å². The van der Waals surface area contributed by atoms with Crippen molar-refractivity contribution in [3.63, 3.8) is 0 Å². The molecule has 0 unspecified atom stereocenters. The van der Waals surface area contributed by atoms with E-state index in [1.165, 1.54) is 5.02 Å². The van der Waals surface area contributed by atoms with Gasteiger partial charge in [0.15, 0.2) is 0 Å². The summed E-state index contributed by atoms with van der Waals surface area (Å²) in [7, 11) is 0. The van der Waals surface area contributed by atoms with Gasteiger partial charge in [0.05, 0.1) is 0 Å². The average molecular weight is 152 g/mol. The zero-order chi connectivity index (χ0) is 5.91. The molecule has 0 saturated heterocycles. The zero-order valence-electron chi connectivity index (χ0n) is 5.91. The van der Waals surface area contributed by atoms with Crippen molar-refractivity contribution in [2.75, 3.05) is 0 Å². The molecule has 0 saturated carbocycles. The maximum atomic E-state index is 2.36. The van der Waals surface area contributed by atoms with Gasteiger partial charge in [0.25, 0.3) is 0 Å². The second kappa shape index (κ2) is 2.82. The van der Waals surface area contributed by atoms with Gasteiger partial charge in [0, 0.05) is 0 Å². The average Bonchev–Trinajstić information content (AvgIpc) is 1.30. The first-order valence-electron chi connectivity index (χ1n) is 3.06. The van der Waals surface area contributed by atoms with Gasteiger partial charge in [-0.3, -0.25) is 0 Å². The second-order valence-electron chi connectivity index (χ2n) is 3.31. The molecular formula is C6H14Zn. The summed E-state index contributed by atoms with van der Waals surface area (Å²) >= 11 is -0.118. The SMILES string of the molecule is C[CH2][Zn][C](C)(C)C. The molecule has 0 aromatic heterocycles. The Balaban J connectivity index is 3.15. The molecule has 0 nitrogen and oxygen atoms in total. The second-order valence-corrected chi connectivity index (χ2v) is 10.9. The zero-order valence-corrected chi connectivity index (χ0v) is 8.88. The molecule has 0 aromatic rings. The summed E-state index contributed by atoms with van der Waals surface area (Å²) in [5, 5.41) is 1.50. The molecule has 0 aliphatic carbocycles. The van der Waals surface area contributed by atoms with E-state index in [9.17, 15) is 0 Å². The van der Waals surface area contributed by atoms with Crippen LogP contribution in [0, 0.1) is 0 Å². The molecule has 0 aliphatic heterocycles. The van der Waals surface area contributed by atoms with Gasteiger partial charge in [-0.15, -0.1) is 0 Å². The molecular weight excluding hydrogens is 137 g/mol. The molecule has 0 radical (unpaired) electrons. The van der Waals surface area contributed by atoms with Gasteiger partial charge >= 0.3 is 53.8 Å². The van der Waals surface area contributed by atoms with Crippen LogP contribution in [-0.2, 0) is 17.1 Å². The molecule has 0 amide bonds. The topological polar surface area (TPSA) is 0 Å². The standard InChI is InChI=1S/C4H9.C2H5.Zn/c1-4(2)3;1-2;/h1-3H3;1H2,2H3;. The van der Waals surface area contributed by atoms with Crippen LogP contribution in [0.15, 0.2) is 0 Å². The van der Waals surface area contributed by atoms with Crippen molar-refractivity contribution in [1.29, 1.82) is 0 Å². The molecule has 0 rings (SSSR count). The Morgan fingerprint density at radius 1 is 1.29 bits per heavy atom. The third-order valence-electron chi connectivity index (χ3n) is 1.000. The normalized spacial score (nSPS) is 10.9. The fourth-order valence-electron chi connectivity index (χ4n) is 0.750. The third-order valence-corrected chi connectivity index (χ3v) is 5.20. The predicted molar refractivity (Wildman–Crippen MR) is 30.2 cm³/mol. The molecule has 0 bridgehead atoms. The van der Waals surface area contributed by atoms with Crippen LogP contribution in [-0.4, -0.2) is 0 Å². The van der Waals surface area contributed by atoms with E-state index in [0.29, 0.717) is 0 Å². The van der Waals surface area contributed by atoms with Crippen molar-refractivity contribution in [3.05, 3.63) is 0 Å². The van der Waals surface area contributed by atoms with Gasteiger partial charge in [-0.1, -0.05) is 0 Å². The number of hydrogen-bond donors (Lipinski definition) is 0. The van der Waals surface area contributed by atoms with Gasteiger partial charge in [0.1, 0.15) is 0 Å². The molecule has 0 heterocycles. The van der Waals surface area contributed by atoms with E-state index in [1.807, 2.05) is 0 Å². The Labute approximate surface area is 54.3 Å². The first-order valence-corrected chi connectivity index (χ1v) is 6.64. The van der Waals surface area contributed by atoms with E-state index in [-0.39, 0.29) is 17.1 Å². The minimum atomic E-state index is -0.118. The van der Waals surface area contributed by atoms with Gasteiger partial charge in [0.2, 0.25) is 0 Å². The first-order chi connectivity index (χ1) is 3.06. The van der Waals surface area contributed by atoms with Crippen LogP contribution >= 0.6 is 0 Å².